The minimum atomic E-state index is -4.63. The van der Waals surface area contributed by atoms with Crippen molar-refractivity contribution in [3.8, 4) is 0 Å². The number of piperidine rings is 1. The summed E-state index contributed by atoms with van der Waals surface area (Å²) in [4.78, 5) is 25.3. The van der Waals surface area contributed by atoms with E-state index in [1.165, 1.54) is 12.0 Å². The molecule has 24 heavy (non-hydrogen) atoms. The molecule has 0 unspecified atom stereocenters. The molecule has 1 aliphatic rings. The number of nitrogens with zero attached hydrogens (tertiary/aromatic N) is 2. The van der Waals surface area contributed by atoms with Crippen molar-refractivity contribution in [2.24, 2.45) is 5.41 Å². The van der Waals surface area contributed by atoms with Crippen molar-refractivity contribution < 1.29 is 32.6 Å². The molecule has 2 heterocycles. The third-order valence-electron chi connectivity index (χ3n) is 4.20. The van der Waals surface area contributed by atoms with Gasteiger partial charge in [-0.05, 0) is 19.3 Å². The Labute approximate surface area is 135 Å². The van der Waals surface area contributed by atoms with Crippen LogP contribution in [0.1, 0.15) is 35.4 Å². The van der Waals surface area contributed by atoms with Crippen LogP contribution in [-0.4, -0.2) is 58.9 Å². The summed E-state index contributed by atoms with van der Waals surface area (Å²) in [7, 11) is 1.45. The number of aromatic amines is 1. The number of ether oxygens (including phenoxy) is 1. The number of aliphatic carboxylic acids is 1. The van der Waals surface area contributed by atoms with E-state index in [0.29, 0.717) is 18.9 Å². The van der Waals surface area contributed by atoms with Gasteiger partial charge in [-0.2, -0.15) is 18.3 Å². The minimum Gasteiger partial charge on any atom is -0.481 e. The lowest BCUT2D eigenvalue weighted by molar-refractivity contribution is -0.153. The number of methoxy groups -OCH3 is 1. The van der Waals surface area contributed by atoms with Gasteiger partial charge in [0.05, 0.1) is 5.41 Å². The summed E-state index contributed by atoms with van der Waals surface area (Å²) in [6.45, 7) is 0.406. The van der Waals surface area contributed by atoms with Crippen LogP contribution < -0.4 is 0 Å². The van der Waals surface area contributed by atoms with Gasteiger partial charge in [0.15, 0.2) is 5.69 Å². The van der Waals surface area contributed by atoms with Crippen molar-refractivity contribution in [3.63, 3.8) is 0 Å². The lowest BCUT2D eigenvalue weighted by atomic mass is 9.77. The lowest BCUT2D eigenvalue weighted by Gasteiger charge is -2.39. The van der Waals surface area contributed by atoms with E-state index < -0.39 is 29.2 Å². The Balaban J connectivity index is 2.17. The molecule has 0 aromatic carbocycles. The Bertz CT molecular complexity index is 617. The van der Waals surface area contributed by atoms with E-state index in [4.69, 9.17) is 4.74 Å². The molecule has 134 valence electrons. The first-order valence-corrected chi connectivity index (χ1v) is 7.34. The summed E-state index contributed by atoms with van der Waals surface area (Å²) in [5.41, 5.74) is -2.66. The number of alkyl halides is 3. The number of rotatable bonds is 5. The summed E-state index contributed by atoms with van der Waals surface area (Å²) in [5.74, 6) is -1.76. The number of carboxylic acids is 1. The van der Waals surface area contributed by atoms with Gasteiger partial charge >= 0.3 is 12.1 Å². The molecule has 1 aromatic rings. The second-order valence-corrected chi connectivity index (χ2v) is 5.82. The Hall–Kier alpha value is -2.10. The first-order chi connectivity index (χ1) is 11.2. The van der Waals surface area contributed by atoms with Crippen LogP contribution in [0.25, 0.3) is 0 Å². The number of carboxylic acid groups (broad SMARTS) is 1. The number of H-pyrrole nitrogens is 1. The van der Waals surface area contributed by atoms with Crippen LogP contribution in [0.3, 0.4) is 0 Å². The molecule has 0 spiro atoms. The van der Waals surface area contributed by atoms with Crippen molar-refractivity contribution >= 4 is 11.9 Å². The fourth-order valence-corrected chi connectivity index (χ4v) is 2.83. The van der Waals surface area contributed by atoms with Crippen molar-refractivity contribution in [3.05, 3.63) is 17.5 Å². The van der Waals surface area contributed by atoms with E-state index in [9.17, 15) is 27.9 Å². The summed E-state index contributed by atoms with van der Waals surface area (Å²) in [6.07, 6.45) is -3.59. The van der Waals surface area contributed by atoms with Gasteiger partial charge in [0.1, 0.15) is 5.69 Å². The van der Waals surface area contributed by atoms with Gasteiger partial charge in [-0.15, -0.1) is 0 Å². The van der Waals surface area contributed by atoms with Crippen molar-refractivity contribution in [2.75, 3.05) is 26.8 Å². The zero-order chi connectivity index (χ0) is 18.0. The van der Waals surface area contributed by atoms with E-state index >= 15 is 0 Å². The highest BCUT2D eigenvalue weighted by molar-refractivity contribution is 5.93. The van der Waals surface area contributed by atoms with Gasteiger partial charge in [0.2, 0.25) is 0 Å². The van der Waals surface area contributed by atoms with Crippen LogP contribution in [0.2, 0.25) is 0 Å². The largest absolute Gasteiger partial charge is 0.481 e. The van der Waals surface area contributed by atoms with Gasteiger partial charge < -0.3 is 14.7 Å². The number of likely N-dealkylation sites (tertiary alicyclic amines) is 1. The normalized spacial score (nSPS) is 21.8. The second kappa shape index (κ2) is 6.80. The van der Waals surface area contributed by atoms with Gasteiger partial charge in [0, 0.05) is 32.9 Å². The number of aromatic nitrogens is 2. The van der Waals surface area contributed by atoms with E-state index in [1.54, 1.807) is 5.10 Å². The molecular weight excluding hydrogens is 331 g/mol. The third kappa shape index (κ3) is 3.69. The molecule has 0 radical (unpaired) electrons. The van der Waals surface area contributed by atoms with Crippen molar-refractivity contribution in [1.82, 2.24) is 15.1 Å². The molecular formula is C14H18F3N3O4. The topological polar surface area (TPSA) is 95.5 Å². The predicted molar refractivity (Wildman–Crippen MR) is 75.3 cm³/mol. The van der Waals surface area contributed by atoms with E-state index in [-0.39, 0.29) is 31.8 Å². The first-order valence-electron chi connectivity index (χ1n) is 7.34. The Morgan fingerprint density at radius 2 is 2.21 bits per heavy atom. The Morgan fingerprint density at radius 3 is 2.75 bits per heavy atom. The highest BCUT2D eigenvalue weighted by Gasteiger charge is 2.44. The monoisotopic (exact) mass is 349 g/mol. The van der Waals surface area contributed by atoms with Crippen LogP contribution in [-0.2, 0) is 15.7 Å². The average Bonchev–Trinajstić information content (AvgIpc) is 3.02. The van der Waals surface area contributed by atoms with Gasteiger partial charge in [-0.3, -0.25) is 14.7 Å². The molecule has 10 heteroatoms. The molecule has 2 rings (SSSR count). The second-order valence-electron chi connectivity index (χ2n) is 5.82. The quantitative estimate of drug-likeness (QED) is 0.845. The van der Waals surface area contributed by atoms with E-state index in [1.807, 2.05) is 0 Å². The number of hydrogen-bond donors (Lipinski definition) is 2. The molecule has 0 aliphatic carbocycles. The Morgan fingerprint density at radius 1 is 1.50 bits per heavy atom. The zero-order valence-corrected chi connectivity index (χ0v) is 13.0. The minimum absolute atomic E-state index is 0.0846. The molecule has 7 nitrogen and oxygen atoms in total. The number of nitrogens with one attached hydrogen (secondary N) is 1. The number of hydrogen-bond acceptors (Lipinski definition) is 4. The van der Waals surface area contributed by atoms with Gasteiger partial charge in [0.25, 0.3) is 5.91 Å². The van der Waals surface area contributed by atoms with Crippen LogP contribution in [0.4, 0.5) is 13.2 Å². The van der Waals surface area contributed by atoms with Crippen LogP contribution in [0, 0.1) is 5.41 Å². The number of carbonyl (C=O) groups excluding carboxylic acids is 1. The molecule has 1 aromatic heterocycles. The van der Waals surface area contributed by atoms with E-state index in [2.05, 4.69) is 5.10 Å². The van der Waals surface area contributed by atoms with Gasteiger partial charge in [-0.25, -0.2) is 0 Å². The van der Waals surface area contributed by atoms with E-state index in [0.717, 1.165) is 0 Å². The zero-order valence-electron chi connectivity index (χ0n) is 13.0. The molecule has 1 aliphatic heterocycles. The first kappa shape index (κ1) is 18.2. The molecule has 1 amide bonds. The number of halogens is 3. The van der Waals surface area contributed by atoms with Crippen LogP contribution in [0.5, 0.6) is 0 Å². The molecule has 0 bridgehead atoms. The molecule has 0 saturated carbocycles. The standard InChI is InChI=1S/C14H18F3N3O4/c1-24-6-4-13(12(22)23)3-2-5-20(8-13)11(21)9-7-10(19-18-9)14(15,16)17/h7H,2-6,8H2,1H3,(H,18,19)(H,22,23)/t13-/m1/s1. The molecule has 1 atom stereocenters. The Kier molecular flexibility index (Phi) is 5.16. The summed E-state index contributed by atoms with van der Waals surface area (Å²) < 4.78 is 42.7. The fourth-order valence-electron chi connectivity index (χ4n) is 2.83. The average molecular weight is 349 g/mol. The highest BCUT2D eigenvalue weighted by Crippen LogP contribution is 2.35. The van der Waals surface area contributed by atoms with Crippen LogP contribution >= 0.6 is 0 Å². The highest BCUT2D eigenvalue weighted by atomic mass is 19.4. The SMILES string of the molecule is COCC[C@]1(C(=O)O)CCCN(C(=O)c2cc(C(F)(F)F)[nH]n2)C1. The van der Waals surface area contributed by atoms with Crippen molar-refractivity contribution in [2.45, 2.75) is 25.4 Å². The number of amides is 1. The van der Waals surface area contributed by atoms with Crippen LogP contribution in [0.15, 0.2) is 6.07 Å². The number of carbonyl (C=O) groups is 2. The predicted octanol–water partition coefficient (Wildman–Crippen LogP) is 1.77. The maximum atomic E-state index is 12.6. The molecule has 2 N–H and O–H groups in total. The summed E-state index contributed by atoms with van der Waals surface area (Å²) in [5, 5.41) is 14.7. The third-order valence-corrected chi connectivity index (χ3v) is 4.20. The molecule has 1 saturated heterocycles. The maximum Gasteiger partial charge on any atom is 0.432 e. The smallest absolute Gasteiger partial charge is 0.432 e. The fraction of sp³-hybridized carbons (Fsp3) is 0.643. The lowest BCUT2D eigenvalue weighted by Crippen LogP contribution is -2.50. The maximum absolute atomic E-state index is 12.6. The summed E-state index contributed by atoms with van der Waals surface area (Å²) in [6, 6.07) is 0.633. The molecule has 1 fully saturated rings. The van der Waals surface area contributed by atoms with Crippen molar-refractivity contribution in [1.29, 1.82) is 0 Å². The van der Waals surface area contributed by atoms with Gasteiger partial charge in [-0.1, -0.05) is 0 Å². The summed E-state index contributed by atoms with van der Waals surface area (Å²) >= 11 is 0.